The van der Waals surface area contributed by atoms with Crippen molar-refractivity contribution in [1.29, 1.82) is 0 Å². The zero-order chi connectivity index (χ0) is 20.8. The van der Waals surface area contributed by atoms with Crippen LogP contribution >= 0.6 is 0 Å². The molecule has 0 amide bonds. The summed E-state index contributed by atoms with van der Waals surface area (Å²) in [4.78, 5) is 13.2. The second kappa shape index (κ2) is 6.94. The van der Waals surface area contributed by atoms with Crippen LogP contribution in [-0.4, -0.2) is 33.3 Å². The van der Waals surface area contributed by atoms with E-state index in [1.54, 1.807) is 12.4 Å². The van der Waals surface area contributed by atoms with Gasteiger partial charge in [-0.1, -0.05) is 12.1 Å². The second-order valence-corrected chi connectivity index (χ2v) is 8.25. The molecule has 3 aromatic rings. The molecule has 1 aliphatic heterocycles. The van der Waals surface area contributed by atoms with Crippen molar-refractivity contribution < 1.29 is 9.31 Å². The van der Waals surface area contributed by atoms with Crippen molar-refractivity contribution in [2.45, 2.75) is 45.4 Å². The van der Waals surface area contributed by atoms with E-state index in [9.17, 15) is 0 Å². The minimum absolute atomic E-state index is 0.246. The minimum Gasteiger partial charge on any atom is -0.398 e. The predicted octanol–water partition coefficient (Wildman–Crippen LogP) is 1.79. The highest BCUT2D eigenvalue weighted by molar-refractivity contribution is 6.61. The maximum absolute atomic E-state index is 6.30. The predicted molar refractivity (Wildman–Crippen MR) is 114 cm³/mol. The fourth-order valence-corrected chi connectivity index (χ4v) is 3.19. The molecule has 150 valence electrons. The van der Waals surface area contributed by atoms with E-state index in [4.69, 9.17) is 20.9 Å². The quantitative estimate of drug-likeness (QED) is 0.393. The maximum Gasteiger partial charge on any atom is 0.516 e. The Morgan fingerprint density at radius 1 is 1.07 bits per heavy atom. The molecule has 0 bridgehead atoms. The van der Waals surface area contributed by atoms with E-state index >= 15 is 0 Å². The van der Waals surface area contributed by atoms with Crippen molar-refractivity contribution in [1.82, 2.24) is 15.0 Å². The van der Waals surface area contributed by atoms with E-state index in [2.05, 4.69) is 15.0 Å². The highest BCUT2D eigenvalue weighted by Crippen LogP contribution is 2.36. The van der Waals surface area contributed by atoms with Crippen molar-refractivity contribution in [3.63, 3.8) is 0 Å². The number of hydrazine groups is 1. The molecular formula is C20H25BN6O2. The monoisotopic (exact) mass is 392 g/mol. The van der Waals surface area contributed by atoms with Crippen LogP contribution in [0, 0.1) is 0 Å². The van der Waals surface area contributed by atoms with Crippen molar-refractivity contribution in [3.8, 4) is 0 Å². The first-order chi connectivity index (χ1) is 13.7. The summed E-state index contributed by atoms with van der Waals surface area (Å²) in [6.07, 6.45) is 3.34. The lowest BCUT2D eigenvalue weighted by molar-refractivity contribution is 0.00578. The summed E-state index contributed by atoms with van der Waals surface area (Å²) in [5.74, 6) is 6.92. The molecule has 8 nitrogen and oxygen atoms in total. The number of fused-ring (bicyclic) bond motifs is 1. The van der Waals surface area contributed by atoms with Crippen LogP contribution in [0.2, 0.25) is 0 Å². The van der Waals surface area contributed by atoms with Gasteiger partial charge in [0.05, 0.1) is 28.9 Å². The van der Waals surface area contributed by atoms with Gasteiger partial charge in [-0.25, -0.2) is 15.8 Å². The Morgan fingerprint density at radius 3 is 2.52 bits per heavy atom. The normalized spacial score (nSPS) is 17.6. The Balaban J connectivity index is 1.58. The lowest BCUT2D eigenvalue weighted by atomic mass is 9.85. The van der Waals surface area contributed by atoms with Crippen molar-refractivity contribution in [2.24, 2.45) is 5.84 Å². The van der Waals surface area contributed by atoms with Gasteiger partial charge in [0.2, 0.25) is 0 Å². The summed E-state index contributed by atoms with van der Waals surface area (Å²) >= 11 is 0. The minimum atomic E-state index is -0.632. The number of rotatable bonds is 4. The molecular weight excluding hydrogens is 367 g/mol. The lowest BCUT2D eigenvalue weighted by Crippen LogP contribution is -2.41. The Hall–Kier alpha value is -2.75. The SMILES string of the molecule is CC1(C)OB(c2cnc(N)c(N(N)Cc3ccc4ncccc4c3)n2)OC1(C)C. The molecule has 3 heterocycles. The molecule has 0 radical (unpaired) electrons. The fraction of sp³-hybridized carbons (Fsp3) is 0.350. The topological polar surface area (TPSA) is 112 Å². The molecule has 4 rings (SSSR count). The molecule has 4 N–H and O–H groups in total. The first-order valence-corrected chi connectivity index (χ1v) is 9.50. The summed E-state index contributed by atoms with van der Waals surface area (Å²) in [5.41, 5.74) is 7.59. The third-order valence-corrected chi connectivity index (χ3v) is 5.59. The van der Waals surface area contributed by atoms with Crippen LogP contribution in [0.5, 0.6) is 0 Å². The maximum atomic E-state index is 6.30. The number of hydrogen-bond acceptors (Lipinski definition) is 8. The largest absolute Gasteiger partial charge is 0.516 e. The second-order valence-electron chi connectivity index (χ2n) is 8.25. The van der Waals surface area contributed by atoms with Gasteiger partial charge in [0.15, 0.2) is 11.6 Å². The van der Waals surface area contributed by atoms with Crippen LogP contribution in [0.3, 0.4) is 0 Å². The zero-order valence-corrected chi connectivity index (χ0v) is 17.1. The molecule has 0 aliphatic carbocycles. The van der Waals surface area contributed by atoms with Gasteiger partial charge in [-0.05, 0) is 51.5 Å². The van der Waals surface area contributed by atoms with Gasteiger partial charge in [-0.15, -0.1) is 0 Å². The molecule has 1 saturated heterocycles. The van der Waals surface area contributed by atoms with Gasteiger partial charge in [-0.3, -0.25) is 9.99 Å². The Kier molecular flexibility index (Phi) is 4.69. The smallest absolute Gasteiger partial charge is 0.398 e. The van der Waals surface area contributed by atoms with E-state index in [0.717, 1.165) is 16.5 Å². The van der Waals surface area contributed by atoms with Crippen molar-refractivity contribution in [2.75, 3.05) is 10.7 Å². The summed E-state index contributed by atoms with van der Waals surface area (Å²) in [6.45, 7) is 8.37. The van der Waals surface area contributed by atoms with E-state index in [0.29, 0.717) is 18.0 Å². The first-order valence-electron chi connectivity index (χ1n) is 9.50. The number of pyridine rings is 1. The van der Waals surface area contributed by atoms with E-state index in [-0.39, 0.29) is 5.82 Å². The lowest BCUT2D eigenvalue weighted by Gasteiger charge is -2.32. The highest BCUT2D eigenvalue weighted by atomic mass is 16.7. The summed E-state index contributed by atoms with van der Waals surface area (Å²) in [5, 5.41) is 2.53. The summed E-state index contributed by atoms with van der Waals surface area (Å²) in [7, 11) is -0.632. The van der Waals surface area contributed by atoms with E-state index in [1.165, 1.54) is 5.01 Å². The standard InChI is InChI=1S/C20H25BN6O2/c1-19(2)20(3,4)29-21(28-19)16-11-25-17(22)18(26-16)27(23)12-13-7-8-15-14(10-13)6-5-9-24-15/h5-11H,12,23H2,1-4H3,(H2,22,25). The number of nitrogens with two attached hydrogens (primary N) is 2. The molecule has 29 heavy (non-hydrogen) atoms. The number of nitrogen functional groups attached to an aromatic ring is 1. The van der Waals surface area contributed by atoms with Crippen LogP contribution in [0.1, 0.15) is 33.3 Å². The van der Waals surface area contributed by atoms with Crippen molar-refractivity contribution >= 4 is 35.3 Å². The number of anilines is 2. The molecule has 0 saturated carbocycles. The number of nitrogens with zero attached hydrogens (tertiary/aromatic N) is 4. The van der Waals surface area contributed by atoms with Crippen LogP contribution in [0.15, 0.2) is 42.7 Å². The van der Waals surface area contributed by atoms with Gasteiger partial charge in [0.25, 0.3) is 0 Å². The van der Waals surface area contributed by atoms with E-state index in [1.807, 2.05) is 58.0 Å². The summed E-state index contributed by atoms with van der Waals surface area (Å²) < 4.78 is 12.1. The Bertz CT molecular complexity index is 1040. The van der Waals surface area contributed by atoms with Crippen LogP contribution in [0.4, 0.5) is 11.6 Å². The average Bonchev–Trinajstić information content (AvgIpc) is 2.89. The number of hydrogen-bond donors (Lipinski definition) is 2. The molecule has 1 aromatic carbocycles. The van der Waals surface area contributed by atoms with Crippen LogP contribution in [0.25, 0.3) is 10.9 Å². The Morgan fingerprint density at radius 2 is 1.79 bits per heavy atom. The first kappa shape index (κ1) is 19.6. The molecule has 0 atom stereocenters. The van der Waals surface area contributed by atoms with Gasteiger partial charge in [0.1, 0.15) is 0 Å². The van der Waals surface area contributed by atoms with Crippen LogP contribution < -0.4 is 22.2 Å². The molecule has 1 aliphatic rings. The number of aromatic nitrogens is 3. The highest BCUT2D eigenvalue weighted by Gasteiger charge is 2.52. The van der Waals surface area contributed by atoms with Crippen molar-refractivity contribution in [3.05, 3.63) is 48.3 Å². The Labute approximate surface area is 170 Å². The third-order valence-electron chi connectivity index (χ3n) is 5.59. The molecule has 0 spiro atoms. The molecule has 2 aromatic heterocycles. The van der Waals surface area contributed by atoms with Gasteiger partial charge in [0, 0.05) is 17.8 Å². The average molecular weight is 392 g/mol. The molecule has 9 heteroatoms. The van der Waals surface area contributed by atoms with E-state index < -0.39 is 18.3 Å². The van der Waals surface area contributed by atoms with Gasteiger partial charge >= 0.3 is 7.12 Å². The molecule has 1 fully saturated rings. The summed E-state index contributed by atoms with van der Waals surface area (Å²) in [6, 6.07) is 9.92. The number of benzene rings is 1. The zero-order valence-electron chi connectivity index (χ0n) is 17.1. The van der Waals surface area contributed by atoms with Crippen LogP contribution in [-0.2, 0) is 15.9 Å². The molecule has 0 unspecified atom stereocenters. The third kappa shape index (κ3) is 3.64. The van der Waals surface area contributed by atoms with Gasteiger partial charge < -0.3 is 15.0 Å². The van der Waals surface area contributed by atoms with Gasteiger partial charge in [-0.2, -0.15) is 0 Å². The fourth-order valence-electron chi connectivity index (χ4n) is 3.19.